The van der Waals surface area contributed by atoms with E-state index in [1.54, 1.807) is 7.11 Å². The van der Waals surface area contributed by atoms with Gasteiger partial charge in [0.05, 0.1) is 7.11 Å². The molecule has 1 aliphatic rings. The van der Waals surface area contributed by atoms with Crippen LogP contribution in [0.5, 0.6) is 11.5 Å². The fourth-order valence-electron chi connectivity index (χ4n) is 3.14. The predicted octanol–water partition coefficient (Wildman–Crippen LogP) is 4.35. The van der Waals surface area contributed by atoms with Crippen molar-refractivity contribution in [3.63, 3.8) is 0 Å². The average Bonchev–Trinajstić information content (AvgIpc) is 2.63. The first-order chi connectivity index (χ1) is 11.3. The summed E-state index contributed by atoms with van der Waals surface area (Å²) in [7, 11) is 1.68. The molecule has 2 atom stereocenters. The van der Waals surface area contributed by atoms with E-state index in [0.717, 1.165) is 24.5 Å². The van der Waals surface area contributed by atoms with E-state index in [9.17, 15) is 0 Å². The largest absolute Gasteiger partial charge is 0.497 e. The predicted molar refractivity (Wildman–Crippen MR) is 93.1 cm³/mol. The maximum Gasteiger partial charge on any atom is 0.125 e. The van der Waals surface area contributed by atoms with Gasteiger partial charge in [-0.15, -0.1) is 0 Å². The fourth-order valence-corrected chi connectivity index (χ4v) is 3.14. The zero-order chi connectivity index (χ0) is 15.9. The molecule has 1 heterocycles. The zero-order valence-electron chi connectivity index (χ0n) is 13.7. The molecule has 1 N–H and O–H groups in total. The van der Waals surface area contributed by atoms with Crippen LogP contribution in [0.4, 0.5) is 0 Å². The SMILES string of the molecule is COc1cccc(OC(CC2CCCCN2)c2ccccc2)c1. The highest BCUT2D eigenvalue weighted by Crippen LogP contribution is 2.29. The van der Waals surface area contributed by atoms with E-state index in [1.165, 1.54) is 24.8 Å². The van der Waals surface area contributed by atoms with E-state index in [2.05, 4.69) is 29.6 Å². The van der Waals surface area contributed by atoms with Gasteiger partial charge in [0.2, 0.25) is 0 Å². The van der Waals surface area contributed by atoms with Crippen LogP contribution in [-0.2, 0) is 0 Å². The summed E-state index contributed by atoms with van der Waals surface area (Å²) in [5, 5.41) is 3.62. The second-order valence-corrected chi connectivity index (χ2v) is 6.08. The normalized spacial score (nSPS) is 19.1. The molecule has 3 heteroatoms. The summed E-state index contributed by atoms with van der Waals surface area (Å²) in [6.07, 6.45) is 4.85. The highest BCUT2D eigenvalue weighted by molar-refractivity contribution is 5.33. The summed E-state index contributed by atoms with van der Waals surface area (Å²) in [6.45, 7) is 1.12. The Morgan fingerprint density at radius 3 is 2.61 bits per heavy atom. The lowest BCUT2D eigenvalue weighted by molar-refractivity contribution is 0.168. The van der Waals surface area contributed by atoms with Gasteiger partial charge in [-0.05, 0) is 37.1 Å². The second-order valence-electron chi connectivity index (χ2n) is 6.08. The Hall–Kier alpha value is -2.00. The number of methoxy groups -OCH3 is 1. The Kier molecular flexibility index (Phi) is 5.54. The summed E-state index contributed by atoms with van der Waals surface area (Å²) < 4.78 is 11.6. The quantitative estimate of drug-likeness (QED) is 0.860. The van der Waals surface area contributed by atoms with Gasteiger partial charge in [0.1, 0.15) is 17.6 Å². The molecule has 2 unspecified atom stereocenters. The minimum Gasteiger partial charge on any atom is -0.497 e. The number of benzene rings is 2. The summed E-state index contributed by atoms with van der Waals surface area (Å²) in [5.41, 5.74) is 1.22. The van der Waals surface area contributed by atoms with Gasteiger partial charge in [-0.2, -0.15) is 0 Å². The highest BCUT2D eigenvalue weighted by atomic mass is 16.5. The third-order valence-corrected chi connectivity index (χ3v) is 4.40. The molecule has 0 bridgehead atoms. The van der Waals surface area contributed by atoms with Crippen LogP contribution in [0, 0.1) is 0 Å². The molecule has 23 heavy (non-hydrogen) atoms. The van der Waals surface area contributed by atoms with E-state index < -0.39 is 0 Å². The lowest BCUT2D eigenvalue weighted by Gasteiger charge is -2.28. The average molecular weight is 311 g/mol. The standard InChI is InChI=1S/C20H25NO2/c1-22-18-11-7-12-19(15-18)23-20(16-8-3-2-4-9-16)14-17-10-5-6-13-21-17/h2-4,7-9,11-12,15,17,20-21H,5-6,10,13-14H2,1H3. The Morgan fingerprint density at radius 2 is 1.87 bits per heavy atom. The lowest BCUT2D eigenvalue weighted by atomic mass is 9.96. The molecule has 1 saturated heterocycles. The van der Waals surface area contributed by atoms with Crippen LogP contribution in [0.25, 0.3) is 0 Å². The van der Waals surface area contributed by atoms with Gasteiger partial charge in [0.25, 0.3) is 0 Å². The molecule has 0 saturated carbocycles. The molecular formula is C20H25NO2. The monoisotopic (exact) mass is 311 g/mol. The smallest absolute Gasteiger partial charge is 0.125 e. The van der Waals surface area contributed by atoms with E-state index in [1.807, 2.05) is 30.3 Å². The minimum atomic E-state index is 0.0545. The molecule has 3 rings (SSSR count). The second kappa shape index (κ2) is 8.02. The van der Waals surface area contributed by atoms with Gasteiger partial charge >= 0.3 is 0 Å². The molecule has 0 spiro atoms. The molecule has 3 nitrogen and oxygen atoms in total. The first kappa shape index (κ1) is 15.9. The number of hydrogen-bond donors (Lipinski definition) is 1. The third-order valence-electron chi connectivity index (χ3n) is 4.40. The van der Waals surface area contributed by atoms with Crippen molar-refractivity contribution in [3.05, 3.63) is 60.2 Å². The maximum atomic E-state index is 6.33. The Balaban J connectivity index is 1.76. The van der Waals surface area contributed by atoms with Crippen molar-refractivity contribution in [2.75, 3.05) is 13.7 Å². The molecule has 0 aliphatic carbocycles. The van der Waals surface area contributed by atoms with Crippen LogP contribution in [0.15, 0.2) is 54.6 Å². The van der Waals surface area contributed by atoms with Gasteiger partial charge in [-0.25, -0.2) is 0 Å². The summed E-state index contributed by atoms with van der Waals surface area (Å²) >= 11 is 0. The number of piperidine rings is 1. The van der Waals surface area contributed by atoms with Gasteiger partial charge in [-0.3, -0.25) is 0 Å². The van der Waals surface area contributed by atoms with Gasteiger partial charge < -0.3 is 14.8 Å². The third kappa shape index (κ3) is 4.49. The summed E-state index contributed by atoms with van der Waals surface area (Å²) in [6, 6.07) is 18.9. The molecule has 1 fully saturated rings. The van der Waals surface area contributed by atoms with Crippen molar-refractivity contribution >= 4 is 0 Å². The van der Waals surface area contributed by atoms with E-state index in [-0.39, 0.29) is 6.10 Å². The maximum absolute atomic E-state index is 6.33. The number of ether oxygens (including phenoxy) is 2. The van der Waals surface area contributed by atoms with Crippen LogP contribution >= 0.6 is 0 Å². The van der Waals surface area contributed by atoms with Crippen LogP contribution in [-0.4, -0.2) is 19.7 Å². The molecular weight excluding hydrogens is 286 g/mol. The molecule has 0 radical (unpaired) electrons. The first-order valence-electron chi connectivity index (χ1n) is 8.44. The lowest BCUT2D eigenvalue weighted by Crippen LogP contribution is -2.36. The van der Waals surface area contributed by atoms with Crippen molar-refractivity contribution in [2.45, 2.75) is 37.8 Å². The first-order valence-corrected chi connectivity index (χ1v) is 8.44. The van der Waals surface area contributed by atoms with Crippen molar-refractivity contribution in [3.8, 4) is 11.5 Å². The van der Waals surface area contributed by atoms with Crippen LogP contribution < -0.4 is 14.8 Å². The number of hydrogen-bond acceptors (Lipinski definition) is 3. The zero-order valence-corrected chi connectivity index (χ0v) is 13.7. The van der Waals surface area contributed by atoms with Gasteiger partial charge in [0, 0.05) is 18.5 Å². The van der Waals surface area contributed by atoms with Crippen LogP contribution in [0.2, 0.25) is 0 Å². The Bertz CT molecular complexity index is 594. The van der Waals surface area contributed by atoms with Gasteiger partial charge in [-0.1, -0.05) is 42.8 Å². The fraction of sp³-hybridized carbons (Fsp3) is 0.400. The summed E-state index contributed by atoms with van der Waals surface area (Å²) in [5.74, 6) is 1.68. The van der Waals surface area contributed by atoms with Crippen LogP contribution in [0.1, 0.15) is 37.4 Å². The number of nitrogens with one attached hydrogen (secondary N) is 1. The molecule has 2 aromatic carbocycles. The Morgan fingerprint density at radius 1 is 1.04 bits per heavy atom. The molecule has 0 aromatic heterocycles. The highest BCUT2D eigenvalue weighted by Gasteiger charge is 2.21. The van der Waals surface area contributed by atoms with E-state index >= 15 is 0 Å². The van der Waals surface area contributed by atoms with E-state index in [0.29, 0.717) is 6.04 Å². The molecule has 0 amide bonds. The van der Waals surface area contributed by atoms with Crippen molar-refractivity contribution < 1.29 is 9.47 Å². The molecule has 2 aromatic rings. The topological polar surface area (TPSA) is 30.5 Å². The van der Waals surface area contributed by atoms with E-state index in [4.69, 9.17) is 9.47 Å². The molecule has 122 valence electrons. The summed E-state index contributed by atoms with van der Waals surface area (Å²) in [4.78, 5) is 0. The van der Waals surface area contributed by atoms with Gasteiger partial charge in [0.15, 0.2) is 0 Å². The van der Waals surface area contributed by atoms with Crippen molar-refractivity contribution in [2.24, 2.45) is 0 Å². The minimum absolute atomic E-state index is 0.0545. The van der Waals surface area contributed by atoms with Crippen molar-refractivity contribution in [1.29, 1.82) is 0 Å². The Labute approximate surface area is 138 Å². The van der Waals surface area contributed by atoms with Crippen molar-refractivity contribution in [1.82, 2.24) is 5.32 Å². The molecule has 1 aliphatic heterocycles. The number of rotatable bonds is 6. The van der Waals surface area contributed by atoms with Crippen LogP contribution in [0.3, 0.4) is 0 Å².